The molecule has 0 aliphatic heterocycles. The van der Waals surface area contributed by atoms with Gasteiger partial charge in [0.05, 0.1) is 32.7 Å². The lowest BCUT2D eigenvalue weighted by Gasteiger charge is -2.28. The van der Waals surface area contributed by atoms with Crippen LogP contribution in [0.2, 0.25) is 0 Å². The van der Waals surface area contributed by atoms with Gasteiger partial charge in [-0.05, 0) is 12.8 Å². The lowest BCUT2D eigenvalue weighted by molar-refractivity contribution is -0.141. The van der Waals surface area contributed by atoms with E-state index in [9.17, 15) is 39.3 Å². The summed E-state index contributed by atoms with van der Waals surface area (Å²) in [5.74, 6) is -3.88. The predicted molar refractivity (Wildman–Crippen MR) is 174 cm³/mol. The molecule has 5 N–H and O–H groups in total. The van der Waals surface area contributed by atoms with Crippen LogP contribution in [0.1, 0.15) is 104 Å². The molecule has 13 nitrogen and oxygen atoms in total. The third kappa shape index (κ3) is 28.4. The molecular weight excluding hydrogens is 582 g/mol. The molecule has 0 atom stereocenters. The van der Waals surface area contributed by atoms with Gasteiger partial charge < -0.3 is 26.0 Å². The van der Waals surface area contributed by atoms with Crippen LogP contribution in [0.5, 0.6) is 0 Å². The summed E-state index contributed by atoms with van der Waals surface area (Å²) in [7, 11) is 0. The Hall–Kier alpha value is -2.77. The number of carbonyl (C=O) groups excluding carboxylic acids is 2. The summed E-state index contributed by atoms with van der Waals surface area (Å²) in [5.41, 5.74) is 0. The number of amides is 2. The minimum atomic E-state index is -1.10. The van der Waals surface area contributed by atoms with Crippen LogP contribution < -0.4 is 10.6 Å². The molecule has 0 saturated heterocycles. The summed E-state index contributed by atoms with van der Waals surface area (Å²) >= 11 is 0. The van der Waals surface area contributed by atoms with E-state index in [-0.39, 0.29) is 70.7 Å². The van der Waals surface area contributed by atoms with Gasteiger partial charge in [0, 0.05) is 39.3 Å². The van der Waals surface area contributed by atoms with Gasteiger partial charge >= 0.3 is 17.9 Å². The van der Waals surface area contributed by atoms with E-state index in [1.54, 1.807) is 4.90 Å². The summed E-state index contributed by atoms with van der Waals surface area (Å²) in [4.78, 5) is 63.7. The minimum absolute atomic E-state index is 0.127. The molecule has 0 rings (SSSR count). The van der Waals surface area contributed by atoms with Gasteiger partial charge in [0.15, 0.2) is 0 Å². The summed E-state index contributed by atoms with van der Waals surface area (Å²) in [6.45, 7) is 4.56. The maximum atomic E-state index is 12.5. The molecule has 45 heavy (non-hydrogen) atoms. The first-order chi connectivity index (χ1) is 21.6. The molecule has 13 heteroatoms. The second-order valence-electron chi connectivity index (χ2n) is 11.8. The normalized spacial score (nSPS) is 11.3. The number of carboxylic acid groups (broad SMARTS) is 3. The van der Waals surface area contributed by atoms with Gasteiger partial charge in [0.2, 0.25) is 11.8 Å². The molecule has 0 aromatic rings. The minimum Gasteiger partial charge on any atom is -0.480 e. The van der Waals surface area contributed by atoms with Crippen molar-refractivity contribution in [2.75, 3.05) is 72.0 Å². The first kappa shape index (κ1) is 42.2. The molecule has 0 bridgehead atoms. The largest absolute Gasteiger partial charge is 0.480 e. The topological polar surface area (TPSA) is 180 Å². The fourth-order valence-corrected chi connectivity index (χ4v) is 4.98. The van der Waals surface area contributed by atoms with Gasteiger partial charge in [-0.25, -0.2) is 0 Å². The highest BCUT2D eigenvalue weighted by molar-refractivity contribution is 5.79. The van der Waals surface area contributed by atoms with E-state index in [4.69, 9.17) is 0 Å². The Labute approximate surface area is 270 Å². The van der Waals surface area contributed by atoms with Crippen molar-refractivity contribution in [1.29, 1.82) is 0 Å². The maximum Gasteiger partial charge on any atom is 0.317 e. The zero-order chi connectivity index (χ0) is 33.7. The van der Waals surface area contributed by atoms with Crippen molar-refractivity contribution >= 4 is 29.7 Å². The molecule has 0 unspecified atom stereocenters. The van der Waals surface area contributed by atoms with Crippen LogP contribution in [0.4, 0.5) is 0 Å². The molecule has 0 saturated carbocycles. The smallest absolute Gasteiger partial charge is 0.317 e. The molecule has 0 aromatic carbocycles. The van der Waals surface area contributed by atoms with E-state index < -0.39 is 17.9 Å². The zero-order valence-electron chi connectivity index (χ0n) is 27.9. The summed E-state index contributed by atoms with van der Waals surface area (Å²) < 4.78 is 0. The van der Waals surface area contributed by atoms with Crippen molar-refractivity contribution in [3.8, 4) is 0 Å². The van der Waals surface area contributed by atoms with Crippen molar-refractivity contribution in [2.24, 2.45) is 0 Å². The number of unbranched alkanes of at least 4 members (excludes halogenated alkanes) is 12. The maximum absolute atomic E-state index is 12.5. The fraction of sp³-hybridized carbons (Fsp3) is 0.844. The Morgan fingerprint density at radius 2 is 0.711 bits per heavy atom. The summed E-state index contributed by atoms with van der Waals surface area (Å²) in [5, 5.41) is 33.8. The van der Waals surface area contributed by atoms with E-state index in [1.165, 1.54) is 61.2 Å². The number of rotatable bonds is 32. The number of nitrogens with zero attached hydrogens (tertiary/aromatic N) is 3. The summed E-state index contributed by atoms with van der Waals surface area (Å²) in [6, 6.07) is 0. The molecule has 0 fully saturated rings. The van der Waals surface area contributed by atoms with Crippen molar-refractivity contribution in [3.05, 3.63) is 0 Å². The van der Waals surface area contributed by atoms with Crippen LogP contribution in [0.15, 0.2) is 0 Å². The van der Waals surface area contributed by atoms with Gasteiger partial charge in [-0.3, -0.25) is 38.7 Å². The summed E-state index contributed by atoms with van der Waals surface area (Å²) in [6.07, 6.45) is 15.6. The van der Waals surface area contributed by atoms with Crippen LogP contribution in [0.3, 0.4) is 0 Å². The Kier molecular flexibility index (Phi) is 26.9. The predicted octanol–water partition coefficient (Wildman–Crippen LogP) is 2.88. The Bertz CT molecular complexity index is 771. The Morgan fingerprint density at radius 3 is 1.04 bits per heavy atom. The average molecular weight is 644 g/mol. The molecular formula is C32H61N5O8. The number of hydrogen-bond donors (Lipinski definition) is 5. The second-order valence-corrected chi connectivity index (χ2v) is 11.8. The number of hydrogen-bond acceptors (Lipinski definition) is 8. The Morgan fingerprint density at radius 1 is 0.422 bits per heavy atom. The first-order valence-corrected chi connectivity index (χ1v) is 16.9. The number of carboxylic acids is 3. The molecule has 0 heterocycles. The van der Waals surface area contributed by atoms with Crippen molar-refractivity contribution in [2.45, 2.75) is 104 Å². The number of aliphatic carboxylic acids is 3. The Balaban J connectivity index is 4.78. The van der Waals surface area contributed by atoms with E-state index >= 15 is 0 Å². The first-order valence-electron chi connectivity index (χ1n) is 16.9. The fourth-order valence-electron chi connectivity index (χ4n) is 4.98. The van der Waals surface area contributed by atoms with Crippen LogP contribution in [-0.2, 0) is 24.0 Å². The highest BCUT2D eigenvalue weighted by atomic mass is 16.4. The zero-order valence-corrected chi connectivity index (χ0v) is 27.9. The van der Waals surface area contributed by atoms with E-state index in [0.29, 0.717) is 13.1 Å². The highest BCUT2D eigenvalue weighted by Gasteiger charge is 2.19. The quantitative estimate of drug-likeness (QED) is 0.0681. The van der Waals surface area contributed by atoms with Gasteiger partial charge in [-0.15, -0.1) is 0 Å². The third-order valence-electron chi connectivity index (χ3n) is 7.48. The van der Waals surface area contributed by atoms with Crippen LogP contribution in [0, 0.1) is 0 Å². The molecule has 2 amide bonds. The second kappa shape index (κ2) is 28.7. The molecule has 0 aliphatic carbocycles. The third-order valence-corrected chi connectivity index (χ3v) is 7.48. The van der Waals surface area contributed by atoms with Crippen LogP contribution >= 0.6 is 0 Å². The van der Waals surface area contributed by atoms with E-state index in [1.807, 2.05) is 0 Å². The van der Waals surface area contributed by atoms with Gasteiger partial charge in [-0.2, -0.15) is 0 Å². The lowest BCUT2D eigenvalue weighted by Crippen LogP contribution is -2.47. The molecule has 0 radical (unpaired) electrons. The number of nitrogens with one attached hydrogen (secondary N) is 2. The van der Waals surface area contributed by atoms with E-state index in [2.05, 4.69) is 24.5 Å². The monoisotopic (exact) mass is 643 g/mol. The van der Waals surface area contributed by atoms with Gasteiger partial charge in [-0.1, -0.05) is 90.9 Å². The van der Waals surface area contributed by atoms with Crippen molar-refractivity contribution < 1.29 is 39.3 Å². The number of carbonyl (C=O) groups is 5. The average Bonchev–Trinajstić information content (AvgIpc) is 2.96. The standard InChI is InChI=1S/C32H61N5O8/c1-3-5-7-9-11-13-15-17-33-28(38)23-36(26-31(42)43)21-19-35(25-30(40)41)20-22-37(27-32(44)45)24-29(39)34-18-16-14-12-10-8-6-4-2/h3-27H2,1-2H3,(H,33,38)(H,34,39)(H,40,41)(H,42,43)(H,44,45). The molecule has 262 valence electrons. The van der Waals surface area contributed by atoms with Crippen molar-refractivity contribution in [3.63, 3.8) is 0 Å². The highest BCUT2D eigenvalue weighted by Crippen LogP contribution is 2.07. The van der Waals surface area contributed by atoms with Gasteiger partial charge in [0.1, 0.15) is 0 Å². The van der Waals surface area contributed by atoms with Crippen LogP contribution in [0.25, 0.3) is 0 Å². The van der Waals surface area contributed by atoms with Crippen LogP contribution in [-0.4, -0.2) is 132 Å². The lowest BCUT2D eigenvalue weighted by atomic mass is 10.1. The SMILES string of the molecule is CCCCCCCCCNC(=O)CN(CCN(CCN(CC(=O)O)CC(=O)NCCCCCCCCC)CC(=O)O)CC(=O)O. The van der Waals surface area contributed by atoms with Crippen molar-refractivity contribution in [1.82, 2.24) is 25.3 Å². The molecule has 0 aromatic heterocycles. The van der Waals surface area contributed by atoms with Gasteiger partial charge in [0.25, 0.3) is 0 Å². The molecule has 0 spiro atoms. The molecule has 0 aliphatic rings. The van der Waals surface area contributed by atoms with E-state index in [0.717, 1.165) is 38.5 Å².